The van der Waals surface area contributed by atoms with Gasteiger partial charge in [-0.2, -0.15) is 0 Å². The van der Waals surface area contributed by atoms with E-state index in [1.807, 2.05) is 0 Å². The SMILES string of the molecule is CCCCC[PH](=O)[O-].CCCCC[PH](=O)[O-].[Ca+2]. The van der Waals surface area contributed by atoms with Gasteiger partial charge in [0.25, 0.3) is 0 Å². The third kappa shape index (κ3) is 31.8. The van der Waals surface area contributed by atoms with Crippen LogP contribution in [0.2, 0.25) is 0 Å². The zero-order valence-corrected chi connectivity index (χ0v) is 15.2. The second-order valence-corrected chi connectivity index (χ2v) is 6.15. The molecule has 0 spiro atoms. The second kappa shape index (κ2) is 20.0. The van der Waals surface area contributed by atoms with Crippen LogP contribution in [0, 0.1) is 0 Å². The Morgan fingerprint density at radius 1 is 0.765 bits per heavy atom. The van der Waals surface area contributed by atoms with Crippen molar-refractivity contribution < 1.29 is 18.9 Å². The van der Waals surface area contributed by atoms with Gasteiger partial charge in [-0.25, -0.2) is 0 Å². The molecule has 7 heteroatoms. The van der Waals surface area contributed by atoms with Crippen molar-refractivity contribution in [1.29, 1.82) is 0 Å². The van der Waals surface area contributed by atoms with E-state index in [-0.39, 0.29) is 37.7 Å². The van der Waals surface area contributed by atoms with Gasteiger partial charge in [-0.3, -0.25) is 0 Å². The number of hydrogen-bond donors (Lipinski definition) is 0. The van der Waals surface area contributed by atoms with Crippen LogP contribution in [0.4, 0.5) is 0 Å². The van der Waals surface area contributed by atoms with E-state index in [4.69, 9.17) is 0 Å². The fourth-order valence-electron chi connectivity index (χ4n) is 1.04. The topological polar surface area (TPSA) is 80.3 Å². The number of rotatable bonds is 8. The van der Waals surface area contributed by atoms with Crippen molar-refractivity contribution in [2.75, 3.05) is 12.3 Å². The van der Waals surface area contributed by atoms with E-state index in [0.717, 1.165) is 38.5 Å². The summed E-state index contributed by atoms with van der Waals surface area (Å²) < 4.78 is 19.9. The van der Waals surface area contributed by atoms with Crippen LogP contribution in [0.1, 0.15) is 52.4 Å². The Kier molecular flexibility index (Phi) is 27.9. The second-order valence-electron chi connectivity index (χ2n) is 3.66. The molecule has 0 aliphatic heterocycles. The first kappa shape index (κ1) is 23.7. The van der Waals surface area contributed by atoms with Gasteiger partial charge in [-0.1, -0.05) is 39.5 Å². The zero-order chi connectivity index (χ0) is 12.8. The van der Waals surface area contributed by atoms with Gasteiger partial charge in [-0.05, 0) is 25.2 Å². The van der Waals surface area contributed by atoms with E-state index in [1.54, 1.807) is 0 Å². The largest absolute Gasteiger partial charge is 2.00 e. The molecule has 0 aliphatic rings. The average Bonchev–Trinajstić information content (AvgIpc) is 2.18. The Morgan fingerprint density at radius 3 is 1.24 bits per heavy atom. The fraction of sp³-hybridized carbons (Fsp3) is 1.00. The molecule has 0 aromatic heterocycles. The summed E-state index contributed by atoms with van der Waals surface area (Å²) in [5.74, 6) is 0. The summed E-state index contributed by atoms with van der Waals surface area (Å²) in [6.07, 6.45) is 6.76. The Morgan fingerprint density at radius 2 is 1.06 bits per heavy atom. The third-order valence-corrected chi connectivity index (χ3v) is 3.49. The first-order valence-corrected chi connectivity index (χ1v) is 8.99. The molecule has 0 heterocycles. The van der Waals surface area contributed by atoms with E-state index in [0.29, 0.717) is 12.3 Å². The predicted molar refractivity (Wildman–Crippen MR) is 72.5 cm³/mol. The van der Waals surface area contributed by atoms with Crippen molar-refractivity contribution in [1.82, 2.24) is 0 Å². The molecular formula is C10H24CaO4P2. The summed E-state index contributed by atoms with van der Waals surface area (Å²) in [7, 11) is -4.81. The van der Waals surface area contributed by atoms with Gasteiger partial charge >= 0.3 is 37.7 Å². The van der Waals surface area contributed by atoms with Crippen molar-refractivity contribution in [2.45, 2.75) is 52.4 Å². The van der Waals surface area contributed by atoms with E-state index < -0.39 is 16.1 Å². The minimum absolute atomic E-state index is 0. The zero-order valence-electron chi connectivity index (χ0n) is 11.0. The van der Waals surface area contributed by atoms with Crippen molar-refractivity contribution in [2.24, 2.45) is 0 Å². The van der Waals surface area contributed by atoms with Crippen LogP contribution in [0.15, 0.2) is 0 Å². The minimum Gasteiger partial charge on any atom is -0.802 e. The minimum atomic E-state index is -2.41. The van der Waals surface area contributed by atoms with Gasteiger partial charge in [0.15, 0.2) is 0 Å². The summed E-state index contributed by atoms with van der Waals surface area (Å²) in [5.41, 5.74) is 0. The molecular weight excluding hydrogens is 286 g/mol. The van der Waals surface area contributed by atoms with Gasteiger partial charge < -0.3 is 18.9 Å². The molecule has 0 fully saturated rings. The molecule has 0 aromatic carbocycles. The van der Waals surface area contributed by atoms with Crippen LogP contribution >= 0.6 is 16.1 Å². The Balaban J connectivity index is -0.000000218. The fourth-order valence-corrected chi connectivity index (χ4v) is 2.12. The van der Waals surface area contributed by atoms with Crippen molar-refractivity contribution in [3.63, 3.8) is 0 Å². The maximum atomic E-state index is 9.95. The molecule has 0 amide bonds. The first-order chi connectivity index (χ1) is 7.54. The Labute approximate surface area is 136 Å². The molecule has 0 aromatic rings. The van der Waals surface area contributed by atoms with E-state index in [9.17, 15) is 18.9 Å². The van der Waals surface area contributed by atoms with Crippen molar-refractivity contribution in [3.8, 4) is 0 Å². The molecule has 0 saturated carbocycles. The maximum absolute atomic E-state index is 9.95. The third-order valence-electron chi connectivity index (χ3n) is 1.97. The van der Waals surface area contributed by atoms with Gasteiger partial charge in [0, 0.05) is 16.1 Å². The molecule has 2 unspecified atom stereocenters. The maximum Gasteiger partial charge on any atom is 2.00 e. The van der Waals surface area contributed by atoms with Crippen LogP contribution in [0.25, 0.3) is 0 Å². The molecule has 0 aliphatic carbocycles. The molecule has 2 atom stereocenters. The predicted octanol–water partition coefficient (Wildman–Crippen LogP) is 1.64. The summed E-state index contributed by atoms with van der Waals surface area (Å²) in [6.45, 7) is 4.12. The smallest absolute Gasteiger partial charge is 0.802 e. The standard InChI is InChI=1S/2C5H13O2P.Ca/c2*1-2-3-4-5-8(6)7;/h2*8H,2-5H2,1H3,(H,6,7);/q;;+2/p-2. The number of hydrogen-bond acceptors (Lipinski definition) is 4. The molecule has 0 N–H and O–H groups in total. The van der Waals surface area contributed by atoms with Crippen LogP contribution in [0.3, 0.4) is 0 Å². The molecule has 0 bridgehead atoms. The van der Waals surface area contributed by atoms with Crippen LogP contribution < -0.4 is 9.79 Å². The van der Waals surface area contributed by atoms with Crippen molar-refractivity contribution >= 4 is 53.8 Å². The first-order valence-electron chi connectivity index (χ1n) is 5.94. The van der Waals surface area contributed by atoms with E-state index in [1.165, 1.54) is 0 Å². The average molecular weight is 310 g/mol. The monoisotopic (exact) mass is 310 g/mol. The van der Waals surface area contributed by atoms with Crippen molar-refractivity contribution in [3.05, 3.63) is 0 Å². The molecule has 17 heavy (non-hydrogen) atoms. The molecule has 0 radical (unpaired) electrons. The summed E-state index contributed by atoms with van der Waals surface area (Å²) in [4.78, 5) is 19.9. The molecule has 0 saturated heterocycles. The van der Waals surface area contributed by atoms with Gasteiger partial charge in [0.2, 0.25) is 0 Å². The summed E-state index contributed by atoms with van der Waals surface area (Å²) in [6, 6.07) is 0. The van der Waals surface area contributed by atoms with Crippen LogP contribution in [0.5, 0.6) is 0 Å². The molecule has 100 valence electrons. The van der Waals surface area contributed by atoms with Crippen LogP contribution in [-0.2, 0) is 9.13 Å². The molecule has 4 nitrogen and oxygen atoms in total. The Hall–Kier alpha value is 1.64. The van der Waals surface area contributed by atoms with Gasteiger partial charge in [0.05, 0.1) is 0 Å². The quantitative estimate of drug-likeness (QED) is 0.388. The van der Waals surface area contributed by atoms with E-state index >= 15 is 0 Å². The normalized spacial score (nSPS) is 12.9. The summed E-state index contributed by atoms with van der Waals surface area (Å²) >= 11 is 0. The number of unbranched alkanes of at least 4 members (excludes halogenated alkanes) is 4. The van der Waals surface area contributed by atoms with Gasteiger partial charge in [0.1, 0.15) is 0 Å². The van der Waals surface area contributed by atoms with Gasteiger partial charge in [-0.15, -0.1) is 0 Å². The van der Waals surface area contributed by atoms with E-state index in [2.05, 4.69) is 13.8 Å². The molecule has 0 rings (SSSR count). The Bertz CT molecular complexity index is 171. The van der Waals surface area contributed by atoms with Crippen LogP contribution in [-0.4, -0.2) is 50.1 Å². The summed E-state index contributed by atoms with van der Waals surface area (Å²) in [5, 5.41) is 0.